The quantitative estimate of drug-likeness (QED) is 0.322. The van der Waals surface area contributed by atoms with Gasteiger partial charge in [0.2, 0.25) is 6.33 Å². The fourth-order valence-corrected chi connectivity index (χ4v) is 1.28. The van der Waals surface area contributed by atoms with E-state index in [0.29, 0.717) is 11.1 Å². The number of hydrogen-bond acceptors (Lipinski definition) is 4. The maximum Gasteiger partial charge on any atom is 0.389 e. The third kappa shape index (κ3) is 1.39. The Morgan fingerprint density at radius 2 is 2.40 bits per heavy atom. The van der Waals surface area contributed by atoms with Gasteiger partial charge in [-0.15, -0.1) is 0 Å². The number of nitrogen functional groups attached to an aromatic ring is 1. The maximum absolute atomic E-state index is 10.6. The van der Waals surface area contributed by atoms with E-state index in [-0.39, 0.29) is 11.7 Å². The van der Waals surface area contributed by atoms with Crippen LogP contribution in [0.2, 0.25) is 0 Å². The first kappa shape index (κ1) is 9.13. The largest absolute Gasteiger partial charge is 0.389 e. The third-order valence-corrected chi connectivity index (χ3v) is 2.00. The van der Waals surface area contributed by atoms with E-state index in [0.717, 1.165) is 0 Å². The van der Waals surface area contributed by atoms with Crippen LogP contribution in [0.1, 0.15) is 5.56 Å². The van der Waals surface area contributed by atoms with Gasteiger partial charge in [-0.05, 0) is 22.0 Å². The molecule has 0 aliphatic heterocycles. The molecule has 0 aromatic carbocycles. The van der Waals surface area contributed by atoms with Gasteiger partial charge in [0.05, 0.1) is 0 Å². The van der Waals surface area contributed by atoms with Gasteiger partial charge < -0.3 is 15.8 Å². The lowest BCUT2D eigenvalue weighted by Gasteiger charge is -1.98. The number of nitrogens with one attached hydrogen (secondary N) is 1. The number of hydrogen-bond donors (Lipinski definition) is 2. The molecule has 76 valence electrons. The molecule has 0 bridgehead atoms. The topological polar surface area (TPSA) is 110 Å². The summed E-state index contributed by atoms with van der Waals surface area (Å²) >= 11 is 0. The Labute approximate surface area is 83.8 Å². The van der Waals surface area contributed by atoms with Gasteiger partial charge in [-0.2, -0.15) is 0 Å². The smallest absolute Gasteiger partial charge is 0.384 e. The molecule has 0 fully saturated rings. The van der Waals surface area contributed by atoms with Crippen LogP contribution in [-0.4, -0.2) is 20.1 Å². The van der Waals surface area contributed by atoms with Crippen LogP contribution in [0.5, 0.6) is 0 Å². The minimum atomic E-state index is -0.570. The first-order chi connectivity index (χ1) is 7.09. The average molecular weight is 205 g/mol. The standard InChI is InChI=1S/C8H7N5O2/c9-7(10)5-1-2-12-4-11-8(13(14)15)6(12)3-5/h1-4H,(H3,9,10). The molecule has 0 saturated carbocycles. The van der Waals surface area contributed by atoms with Crippen LogP contribution in [0.15, 0.2) is 24.7 Å². The van der Waals surface area contributed by atoms with Crippen LogP contribution < -0.4 is 5.73 Å². The van der Waals surface area contributed by atoms with Crippen molar-refractivity contribution < 1.29 is 4.92 Å². The molecular weight excluding hydrogens is 198 g/mol. The number of nitrogens with zero attached hydrogens (tertiary/aromatic N) is 3. The lowest BCUT2D eigenvalue weighted by atomic mass is 10.2. The Hall–Kier alpha value is -2.44. The molecule has 0 saturated heterocycles. The molecule has 2 aromatic heterocycles. The zero-order valence-corrected chi connectivity index (χ0v) is 7.54. The highest BCUT2D eigenvalue weighted by Gasteiger charge is 2.15. The normalized spacial score (nSPS) is 10.4. The molecule has 0 aliphatic carbocycles. The highest BCUT2D eigenvalue weighted by atomic mass is 16.6. The van der Waals surface area contributed by atoms with Crippen molar-refractivity contribution >= 4 is 17.2 Å². The summed E-state index contributed by atoms with van der Waals surface area (Å²) in [6.45, 7) is 0. The fraction of sp³-hybridized carbons (Fsp3) is 0. The van der Waals surface area contributed by atoms with Crippen molar-refractivity contribution in [1.29, 1.82) is 5.41 Å². The predicted molar refractivity (Wildman–Crippen MR) is 52.9 cm³/mol. The van der Waals surface area contributed by atoms with E-state index >= 15 is 0 Å². The number of aromatic nitrogens is 2. The number of amidine groups is 1. The first-order valence-electron chi connectivity index (χ1n) is 4.05. The Morgan fingerprint density at radius 3 is 3.00 bits per heavy atom. The van der Waals surface area contributed by atoms with Crippen molar-refractivity contribution in [3.8, 4) is 0 Å². The van der Waals surface area contributed by atoms with Gasteiger partial charge in [0.25, 0.3) is 0 Å². The van der Waals surface area contributed by atoms with Gasteiger partial charge in [0.15, 0.2) is 0 Å². The zero-order chi connectivity index (χ0) is 11.0. The molecule has 2 heterocycles. The Balaban J connectivity index is 2.72. The third-order valence-electron chi connectivity index (χ3n) is 2.00. The molecule has 3 N–H and O–H groups in total. The first-order valence-corrected chi connectivity index (χ1v) is 4.05. The van der Waals surface area contributed by atoms with Crippen LogP contribution in [0.3, 0.4) is 0 Å². The van der Waals surface area contributed by atoms with E-state index < -0.39 is 4.92 Å². The lowest BCUT2D eigenvalue weighted by Crippen LogP contribution is -2.11. The Morgan fingerprint density at radius 1 is 1.67 bits per heavy atom. The molecule has 7 heteroatoms. The van der Waals surface area contributed by atoms with E-state index in [9.17, 15) is 10.1 Å². The van der Waals surface area contributed by atoms with Crippen LogP contribution >= 0.6 is 0 Å². The maximum atomic E-state index is 10.6. The molecule has 2 aromatic rings. The summed E-state index contributed by atoms with van der Waals surface area (Å²) in [4.78, 5) is 13.7. The summed E-state index contributed by atoms with van der Waals surface area (Å²) in [6.07, 6.45) is 2.92. The summed E-state index contributed by atoms with van der Waals surface area (Å²) in [7, 11) is 0. The molecular formula is C8H7N5O2. The van der Waals surface area contributed by atoms with Crippen molar-refractivity contribution in [3.63, 3.8) is 0 Å². The molecule has 2 rings (SSSR count). The van der Waals surface area contributed by atoms with Gasteiger partial charge in [-0.3, -0.25) is 9.81 Å². The molecule has 0 unspecified atom stereocenters. The van der Waals surface area contributed by atoms with Crippen LogP contribution in [0.4, 0.5) is 5.82 Å². The number of pyridine rings is 1. The van der Waals surface area contributed by atoms with E-state index in [1.54, 1.807) is 12.3 Å². The monoisotopic (exact) mass is 205 g/mol. The zero-order valence-electron chi connectivity index (χ0n) is 7.54. The Bertz CT molecular complexity index is 559. The molecule has 15 heavy (non-hydrogen) atoms. The second-order valence-corrected chi connectivity index (χ2v) is 2.95. The average Bonchev–Trinajstić information content (AvgIpc) is 2.59. The van der Waals surface area contributed by atoms with Gasteiger partial charge in [-0.1, -0.05) is 0 Å². The minimum Gasteiger partial charge on any atom is -0.384 e. The summed E-state index contributed by atoms with van der Waals surface area (Å²) in [5.41, 5.74) is 6.05. The molecule has 0 radical (unpaired) electrons. The van der Waals surface area contributed by atoms with E-state index in [1.807, 2.05) is 0 Å². The van der Waals surface area contributed by atoms with Crippen molar-refractivity contribution in [2.75, 3.05) is 0 Å². The van der Waals surface area contributed by atoms with Gasteiger partial charge in [-0.25, -0.2) is 0 Å². The van der Waals surface area contributed by atoms with Crippen molar-refractivity contribution in [1.82, 2.24) is 9.38 Å². The Kier molecular flexibility index (Phi) is 1.86. The second-order valence-electron chi connectivity index (χ2n) is 2.95. The summed E-state index contributed by atoms with van der Waals surface area (Å²) in [5, 5.41) is 17.8. The highest BCUT2D eigenvalue weighted by molar-refractivity contribution is 5.96. The SMILES string of the molecule is N=C(N)c1ccn2cnc([N+](=O)[O-])c2c1. The predicted octanol–water partition coefficient (Wildman–Crippen LogP) is 0.527. The molecule has 0 atom stereocenters. The van der Waals surface area contributed by atoms with Crippen LogP contribution in [0.25, 0.3) is 5.52 Å². The highest BCUT2D eigenvalue weighted by Crippen LogP contribution is 2.18. The lowest BCUT2D eigenvalue weighted by molar-refractivity contribution is -0.387. The van der Waals surface area contributed by atoms with E-state index in [2.05, 4.69) is 4.98 Å². The van der Waals surface area contributed by atoms with Crippen molar-refractivity contribution in [3.05, 3.63) is 40.3 Å². The number of fused-ring (bicyclic) bond motifs is 1. The molecule has 0 aliphatic rings. The van der Waals surface area contributed by atoms with Gasteiger partial charge in [0.1, 0.15) is 11.4 Å². The molecule has 0 amide bonds. The van der Waals surface area contributed by atoms with E-state index in [4.69, 9.17) is 11.1 Å². The fourth-order valence-electron chi connectivity index (χ4n) is 1.28. The van der Waals surface area contributed by atoms with E-state index in [1.165, 1.54) is 16.8 Å². The van der Waals surface area contributed by atoms with Crippen molar-refractivity contribution in [2.45, 2.75) is 0 Å². The van der Waals surface area contributed by atoms with Crippen molar-refractivity contribution in [2.24, 2.45) is 5.73 Å². The number of nitro groups is 1. The number of rotatable bonds is 2. The number of nitrogens with two attached hydrogens (primary N) is 1. The number of imidazole rings is 1. The summed E-state index contributed by atoms with van der Waals surface area (Å²) in [6, 6.07) is 3.06. The molecule has 0 spiro atoms. The van der Waals surface area contributed by atoms with Gasteiger partial charge >= 0.3 is 5.82 Å². The van der Waals surface area contributed by atoms with Crippen LogP contribution in [0, 0.1) is 15.5 Å². The second kappa shape index (κ2) is 3.05. The summed E-state index contributed by atoms with van der Waals surface area (Å²) in [5.74, 6) is -0.369. The van der Waals surface area contributed by atoms with Crippen LogP contribution in [-0.2, 0) is 0 Å². The van der Waals surface area contributed by atoms with Gasteiger partial charge in [0, 0.05) is 11.8 Å². The summed E-state index contributed by atoms with van der Waals surface area (Å²) < 4.78 is 1.50. The minimum absolute atomic E-state index is 0.131. The molecule has 7 nitrogen and oxygen atoms in total.